The molecule has 4 aromatic rings. The largest absolute Gasteiger partial charge is 0.361 e. The molecular formula is C21H20N6O2. The van der Waals surface area contributed by atoms with Gasteiger partial charge in [-0.05, 0) is 44.5 Å². The number of benzene rings is 1. The minimum atomic E-state index is -0.323. The van der Waals surface area contributed by atoms with Gasteiger partial charge in [-0.3, -0.25) is 9.78 Å². The highest BCUT2D eigenvalue weighted by Crippen LogP contribution is 2.26. The lowest BCUT2D eigenvalue weighted by Gasteiger charge is -2.10. The van der Waals surface area contributed by atoms with E-state index in [1.54, 1.807) is 17.1 Å². The Morgan fingerprint density at radius 2 is 1.86 bits per heavy atom. The van der Waals surface area contributed by atoms with E-state index in [1.807, 2.05) is 57.2 Å². The molecule has 4 rings (SSSR count). The number of amides is 1. The van der Waals surface area contributed by atoms with Gasteiger partial charge in [-0.25, -0.2) is 4.68 Å². The average Bonchev–Trinajstić information content (AvgIpc) is 3.31. The normalized spacial score (nSPS) is 10.9. The zero-order valence-electron chi connectivity index (χ0n) is 16.4. The molecule has 8 nitrogen and oxygen atoms in total. The molecule has 146 valence electrons. The molecule has 1 aromatic carbocycles. The number of pyridine rings is 1. The summed E-state index contributed by atoms with van der Waals surface area (Å²) in [5, 5.41) is 15.3. The molecule has 0 radical (unpaired) electrons. The smallest absolute Gasteiger partial charge is 0.274 e. The number of carbonyl (C=O) groups is 1. The van der Waals surface area contributed by atoms with Gasteiger partial charge in [0.25, 0.3) is 5.91 Å². The van der Waals surface area contributed by atoms with Crippen LogP contribution in [0.1, 0.15) is 33.1 Å². The first-order valence-corrected chi connectivity index (χ1v) is 9.18. The molecular weight excluding hydrogens is 368 g/mol. The predicted octanol–water partition coefficient (Wildman–Crippen LogP) is 3.17. The van der Waals surface area contributed by atoms with E-state index < -0.39 is 0 Å². The second kappa shape index (κ2) is 7.67. The van der Waals surface area contributed by atoms with Gasteiger partial charge in [0.1, 0.15) is 11.5 Å². The molecule has 1 N–H and O–H groups in total. The molecule has 0 spiro atoms. The summed E-state index contributed by atoms with van der Waals surface area (Å²) >= 11 is 0. The number of carbonyl (C=O) groups excluding carboxylic acids is 1. The standard InChI is InChI=1S/C21H20N6O2/c1-13-6-4-5-7-18(13)27-20(16-8-10-22-11-9-16)19(24-26-27)21(28)23-12-17-14(2)25-29-15(17)3/h4-11H,12H2,1-3H3,(H,23,28). The maximum Gasteiger partial charge on any atom is 0.274 e. The Labute approximate surface area is 167 Å². The van der Waals surface area contributed by atoms with Crippen LogP contribution in [0.3, 0.4) is 0 Å². The maximum absolute atomic E-state index is 13.0. The molecule has 1 amide bonds. The van der Waals surface area contributed by atoms with Gasteiger partial charge in [-0.1, -0.05) is 28.6 Å². The van der Waals surface area contributed by atoms with E-state index in [-0.39, 0.29) is 11.6 Å². The van der Waals surface area contributed by atoms with E-state index in [2.05, 4.69) is 25.8 Å². The van der Waals surface area contributed by atoms with Crippen LogP contribution in [0.5, 0.6) is 0 Å². The Morgan fingerprint density at radius 3 is 2.55 bits per heavy atom. The Hall–Kier alpha value is -3.81. The zero-order chi connectivity index (χ0) is 20.4. The van der Waals surface area contributed by atoms with Crippen molar-refractivity contribution < 1.29 is 9.32 Å². The fourth-order valence-corrected chi connectivity index (χ4v) is 3.18. The van der Waals surface area contributed by atoms with E-state index >= 15 is 0 Å². The number of aromatic nitrogens is 5. The third-order valence-corrected chi connectivity index (χ3v) is 4.79. The molecule has 0 aliphatic rings. The summed E-state index contributed by atoms with van der Waals surface area (Å²) in [4.78, 5) is 17.1. The molecule has 29 heavy (non-hydrogen) atoms. The zero-order valence-corrected chi connectivity index (χ0v) is 16.4. The first kappa shape index (κ1) is 18.5. The third-order valence-electron chi connectivity index (χ3n) is 4.79. The highest BCUT2D eigenvalue weighted by molar-refractivity contribution is 5.98. The lowest BCUT2D eigenvalue weighted by Crippen LogP contribution is -2.24. The van der Waals surface area contributed by atoms with Crippen molar-refractivity contribution in [3.8, 4) is 16.9 Å². The number of nitrogens with zero attached hydrogens (tertiary/aromatic N) is 5. The van der Waals surface area contributed by atoms with Crippen molar-refractivity contribution in [3.05, 3.63) is 77.1 Å². The van der Waals surface area contributed by atoms with Gasteiger partial charge in [0.15, 0.2) is 5.69 Å². The van der Waals surface area contributed by atoms with Gasteiger partial charge in [-0.2, -0.15) is 0 Å². The lowest BCUT2D eigenvalue weighted by molar-refractivity contribution is 0.0946. The first-order chi connectivity index (χ1) is 14.1. The Bertz CT molecular complexity index is 1140. The predicted molar refractivity (Wildman–Crippen MR) is 106 cm³/mol. The van der Waals surface area contributed by atoms with E-state index in [1.165, 1.54) is 0 Å². The summed E-state index contributed by atoms with van der Waals surface area (Å²) in [6.45, 7) is 5.95. The van der Waals surface area contributed by atoms with Crippen LogP contribution in [-0.4, -0.2) is 31.0 Å². The molecule has 0 atom stereocenters. The van der Waals surface area contributed by atoms with Gasteiger partial charge in [0.2, 0.25) is 0 Å². The summed E-state index contributed by atoms with van der Waals surface area (Å²) in [5.74, 6) is 0.359. The monoisotopic (exact) mass is 388 g/mol. The van der Waals surface area contributed by atoms with Crippen molar-refractivity contribution in [2.45, 2.75) is 27.3 Å². The van der Waals surface area contributed by atoms with E-state index in [9.17, 15) is 4.79 Å². The van der Waals surface area contributed by atoms with Crippen molar-refractivity contribution in [2.75, 3.05) is 0 Å². The molecule has 0 fully saturated rings. The summed E-state index contributed by atoms with van der Waals surface area (Å²) in [6, 6.07) is 11.5. The van der Waals surface area contributed by atoms with Crippen LogP contribution in [-0.2, 0) is 6.54 Å². The van der Waals surface area contributed by atoms with Crippen molar-refractivity contribution in [3.63, 3.8) is 0 Å². The fraction of sp³-hybridized carbons (Fsp3) is 0.190. The van der Waals surface area contributed by atoms with Crippen LogP contribution in [0.2, 0.25) is 0 Å². The van der Waals surface area contributed by atoms with Crippen LogP contribution in [0.15, 0.2) is 53.3 Å². The van der Waals surface area contributed by atoms with Crippen LogP contribution in [0.4, 0.5) is 0 Å². The summed E-state index contributed by atoms with van der Waals surface area (Å²) in [7, 11) is 0. The van der Waals surface area contributed by atoms with Gasteiger partial charge >= 0.3 is 0 Å². The molecule has 0 aliphatic carbocycles. The van der Waals surface area contributed by atoms with E-state index in [0.717, 1.165) is 28.1 Å². The van der Waals surface area contributed by atoms with Crippen molar-refractivity contribution in [1.29, 1.82) is 0 Å². The van der Waals surface area contributed by atoms with Crippen LogP contribution >= 0.6 is 0 Å². The first-order valence-electron chi connectivity index (χ1n) is 9.18. The minimum absolute atomic E-state index is 0.242. The minimum Gasteiger partial charge on any atom is -0.361 e. The Kier molecular flexibility index (Phi) is 4.90. The molecule has 0 saturated heterocycles. The number of hydrogen-bond donors (Lipinski definition) is 1. The fourth-order valence-electron chi connectivity index (χ4n) is 3.18. The highest BCUT2D eigenvalue weighted by Gasteiger charge is 2.23. The Morgan fingerprint density at radius 1 is 1.10 bits per heavy atom. The molecule has 8 heteroatoms. The quantitative estimate of drug-likeness (QED) is 0.564. The number of rotatable bonds is 5. The van der Waals surface area contributed by atoms with Crippen molar-refractivity contribution in [1.82, 2.24) is 30.5 Å². The topological polar surface area (TPSA) is 98.7 Å². The molecule has 0 aliphatic heterocycles. The van der Waals surface area contributed by atoms with E-state index in [0.29, 0.717) is 18.0 Å². The Balaban J connectivity index is 1.74. The molecule has 0 bridgehead atoms. The van der Waals surface area contributed by atoms with Crippen molar-refractivity contribution in [2.24, 2.45) is 0 Å². The molecule has 3 heterocycles. The average molecular weight is 388 g/mol. The van der Waals surface area contributed by atoms with Crippen LogP contribution in [0, 0.1) is 20.8 Å². The maximum atomic E-state index is 13.0. The third kappa shape index (κ3) is 3.52. The summed E-state index contributed by atoms with van der Waals surface area (Å²) < 4.78 is 6.85. The molecule has 0 unspecified atom stereocenters. The van der Waals surface area contributed by atoms with Gasteiger partial charge in [0.05, 0.1) is 11.4 Å². The lowest BCUT2D eigenvalue weighted by atomic mass is 10.1. The van der Waals surface area contributed by atoms with Crippen LogP contribution in [0.25, 0.3) is 16.9 Å². The summed E-state index contributed by atoms with van der Waals surface area (Å²) in [5.41, 5.74) is 5.14. The number of aryl methyl sites for hydroxylation is 3. The molecule has 0 saturated carbocycles. The number of nitrogens with one attached hydrogen (secondary N) is 1. The summed E-state index contributed by atoms with van der Waals surface area (Å²) in [6.07, 6.45) is 3.35. The number of hydrogen-bond acceptors (Lipinski definition) is 6. The van der Waals surface area contributed by atoms with E-state index in [4.69, 9.17) is 4.52 Å². The molecule has 3 aromatic heterocycles. The van der Waals surface area contributed by atoms with Crippen LogP contribution < -0.4 is 5.32 Å². The second-order valence-electron chi connectivity index (χ2n) is 6.71. The van der Waals surface area contributed by atoms with Crippen molar-refractivity contribution >= 4 is 5.91 Å². The highest BCUT2D eigenvalue weighted by atomic mass is 16.5. The van der Waals surface area contributed by atoms with Gasteiger partial charge < -0.3 is 9.84 Å². The van der Waals surface area contributed by atoms with Gasteiger partial charge in [0, 0.05) is 30.1 Å². The second-order valence-corrected chi connectivity index (χ2v) is 6.71. The van der Waals surface area contributed by atoms with Gasteiger partial charge in [-0.15, -0.1) is 5.10 Å². The number of para-hydroxylation sites is 1. The SMILES string of the molecule is Cc1ccccc1-n1nnc(C(=O)NCc2c(C)noc2C)c1-c1ccncc1.